The van der Waals surface area contributed by atoms with Crippen molar-refractivity contribution < 1.29 is 5.11 Å². The largest absolute Gasteiger partial charge is 0.392 e. The van der Waals surface area contributed by atoms with Crippen LogP contribution in [0.1, 0.15) is 112 Å². The Balaban J connectivity index is 3.69. The van der Waals surface area contributed by atoms with Crippen LogP contribution in [-0.4, -0.2) is 11.7 Å². The second-order valence-corrected chi connectivity index (χ2v) is 9.18. The third-order valence-corrected chi connectivity index (χ3v) is 5.61. The average Bonchev–Trinajstić information content (AvgIpc) is 2.54. The quantitative estimate of drug-likeness (QED) is 0.274. The molecule has 0 spiro atoms. The van der Waals surface area contributed by atoms with Crippen LogP contribution >= 0.6 is 0 Å². The number of rotatable bonds is 16. The van der Waals surface area contributed by atoms with Crippen LogP contribution in [0.2, 0.25) is 0 Å². The fourth-order valence-corrected chi connectivity index (χ4v) is 3.61. The van der Waals surface area contributed by atoms with Crippen LogP contribution in [0.5, 0.6) is 0 Å². The molecule has 1 heteroatoms. The summed E-state index contributed by atoms with van der Waals surface area (Å²) in [5.41, 5.74) is 2.83. The molecule has 0 aliphatic rings. The van der Waals surface area contributed by atoms with E-state index >= 15 is 0 Å². The normalized spacial score (nSPS) is 15.5. The van der Waals surface area contributed by atoms with E-state index in [0.717, 1.165) is 30.6 Å². The lowest BCUT2D eigenvalue weighted by Gasteiger charge is -2.15. The van der Waals surface area contributed by atoms with Gasteiger partial charge in [-0.2, -0.15) is 0 Å². The predicted molar refractivity (Wildman–Crippen MR) is 119 cm³/mol. The fourth-order valence-electron chi connectivity index (χ4n) is 3.61. The minimum Gasteiger partial charge on any atom is -0.392 e. The summed E-state index contributed by atoms with van der Waals surface area (Å²) >= 11 is 0. The van der Waals surface area contributed by atoms with Gasteiger partial charge in [-0.25, -0.2) is 0 Å². The highest BCUT2D eigenvalue weighted by molar-refractivity contribution is 5.03. The monoisotopic (exact) mass is 364 g/mol. The maximum atomic E-state index is 8.87. The molecule has 0 aromatic carbocycles. The van der Waals surface area contributed by atoms with E-state index < -0.39 is 0 Å². The van der Waals surface area contributed by atoms with Crippen molar-refractivity contribution in [3.05, 3.63) is 23.3 Å². The van der Waals surface area contributed by atoms with Gasteiger partial charge in [0.05, 0.1) is 6.61 Å². The van der Waals surface area contributed by atoms with Gasteiger partial charge in [0.1, 0.15) is 0 Å². The fraction of sp³-hybridized carbons (Fsp3) is 0.840. The van der Waals surface area contributed by atoms with E-state index in [2.05, 4.69) is 47.6 Å². The SMILES string of the molecule is C/C(=C\CO)CC/C=C(\C)CCCC(C)CCCC(C)CCCC(C)C. The van der Waals surface area contributed by atoms with Crippen molar-refractivity contribution in [3.8, 4) is 0 Å². The second kappa shape index (κ2) is 16.6. The summed E-state index contributed by atoms with van der Waals surface area (Å²) in [6.45, 7) is 14.1. The Morgan fingerprint density at radius 2 is 1.19 bits per heavy atom. The summed E-state index contributed by atoms with van der Waals surface area (Å²) in [5, 5.41) is 8.87. The van der Waals surface area contributed by atoms with E-state index in [1.54, 1.807) is 0 Å². The molecule has 26 heavy (non-hydrogen) atoms. The summed E-state index contributed by atoms with van der Waals surface area (Å²) in [4.78, 5) is 0. The molecule has 0 rings (SSSR count). The Bertz CT molecular complexity index is 378. The minimum absolute atomic E-state index is 0.170. The van der Waals surface area contributed by atoms with Gasteiger partial charge in [-0.1, -0.05) is 95.9 Å². The minimum atomic E-state index is 0.170. The van der Waals surface area contributed by atoms with Crippen LogP contribution in [0.25, 0.3) is 0 Å². The Hall–Kier alpha value is -0.560. The predicted octanol–water partition coefficient (Wildman–Crippen LogP) is 8.09. The van der Waals surface area contributed by atoms with E-state index in [0.29, 0.717) is 0 Å². The smallest absolute Gasteiger partial charge is 0.0614 e. The zero-order valence-corrected chi connectivity index (χ0v) is 18.8. The topological polar surface area (TPSA) is 20.2 Å². The summed E-state index contributed by atoms with van der Waals surface area (Å²) in [5.74, 6) is 2.65. The van der Waals surface area contributed by atoms with Crippen molar-refractivity contribution in [3.63, 3.8) is 0 Å². The van der Waals surface area contributed by atoms with E-state index in [4.69, 9.17) is 5.11 Å². The number of aliphatic hydroxyl groups is 1. The molecular weight excluding hydrogens is 316 g/mol. The number of hydrogen-bond acceptors (Lipinski definition) is 1. The molecule has 2 unspecified atom stereocenters. The summed E-state index contributed by atoms with van der Waals surface area (Å²) in [7, 11) is 0. The molecule has 0 radical (unpaired) electrons. The Morgan fingerprint density at radius 1 is 0.692 bits per heavy atom. The molecule has 0 saturated carbocycles. The van der Waals surface area contributed by atoms with E-state index in [-0.39, 0.29) is 6.61 Å². The number of aliphatic hydroxyl groups excluding tert-OH is 1. The van der Waals surface area contributed by atoms with Crippen molar-refractivity contribution in [1.29, 1.82) is 0 Å². The molecule has 0 aromatic heterocycles. The molecule has 0 aromatic rings. The van der Waals surface area contributed by atoms with Crippen molar-refractivity contribution in [1.82, 2.24) is 0 Å². The van der Waals surface area contributed by atoms with Crippen LogP contribution < -0.4 is 0 Å². The lowest BCUT2D eigenvalue weighted by atomic mass is 9.91. The summed E-state index contributed by atoms with van der Waals surface area (Å²) in [6.07, 6.45) is 18.9. The molecule has 0 aliphatic carbocycles. The Kier molecular flexibility index (Phi) is 16.2. The number of allylic oxidation sites excluding steroid dienone is 3. The summed E-state index contributed by atoms with van der Waals surface area (Å²) < 4.78 is 0. The van der Waals surface area contributed by atoms with Gasteiger partial charge < -0.3 is 5.11 Å². The van der Waals surface area contributed by atoms with Gasteiger partial charge in [0.25, 0.3) is 0 Å². The van der Waals surface area contributed by atoms with Crippen LogP contribution in [0.3, 0.4) is 0 Å². The van der Waals surface area contributed by atoms with Crippen molar-refractivity contribution in [2.24, 2.45) is 17.8 Å². The molecule has 0 bridgehead atoms. The van der Waals surface area contributed by atoms with Crippen molar-refractivity contribution >= 4 is 0 Å². The highest BCUT2D eigenvalue weighted by atomic mass is 16.2. The number of hydrogen-bond donors (Lipinski definition) is 1. The van der Waals surface area contributed by atoms with E-state index in [1.807, 2.05) is 6.08 Å². The van der Waals surface area contributed by atoms with E-state index in [9.17, 15) is 0 Å². The molecule has 0 amide bonds. The van der Waals surface area contributed by atoms with Crippen molar-refractivity contribution in [2.45, 2.75) is 112 Å². The molecular formula is C25H48O. The van der Waals surface area contributed by atoms with E-state index in [1.165, 1.54) is 68.9 Å². The van der Waals surface area contributed by atoms with Gasteiger partial charge in [-0.05, 0) is 57.3 Å². The van der Waals surface area contributed by atoms with Crippen LogP contribution in [0, 0.1) is 17.8 Å². The molecule has 0 aliphatic heterocycles. The first-order valence-corrected chi connectivity index (χ1v) is 11.3. The Labute approximate surface area is 165 Å². The molecule has 2 atom stereocenters. The van der Waals surface area contributed by atoms with Crippen molar-refractivity contribution in [2.75, 3.05) is 6.61 Å². The molecule has 1 nitrogen and oxygen atoms in total. The van der Waals surface area contributed by atoms with Gasteiger partial charge in [0, 0.05) is 0 Å². The highest BCUT2D eigenvalue weighted by Gasteiger charge is 2.06. The highest BCUT2D eigenvalue weighted by Crippen LogP contribution is 2.22. The van der Waals surface area contributed by atoms with Crippen LogP contribution in [0.4, 0.5) is 0 Å². The first-order chi connectivity index (χ1) is 12.3. The van der Waals surface area contributed by atoms with Gasteiger partial charge in [-0.3, -0.25) is 0 Å². The van der Waals surface area contributed by atoms with Crippen LogP contribution in [0.15, 0.2) is 23.3 Å². The van der Waals surface area contributed by atoms with Crippen LogP contribution in [-0.2, 0) is 0 Å². The summed E-state index contributed by atoms with van der Waals surface area (Å²) in [6, 6.07) is 0. The molecule has 154 valence electrons. The van der Waals surface area contributed by atoms with Gasteiger partial charge >= 0.3 is 0 Å². The zero-order chi connectivity index (χ0) is 19.8. The molecule has 0 heterocycles. The third kappa shape index (κ3) is 16.9. The lowest BCUT2D eigenvalue weighted by Crippen LogP contribution is -2.00. The Morgan fingerprint density at radius 3 is 1.73 bits per heavy atom. The maximum Gasteiger partial charge on any atom is 0.0614 e. The molecule has 0 saturated heterocycles. The first kappa shape index (κ1) is 25.4. The van der Waals surface area contributed by atoms with Gasteiger partial charge in [0.15, 0.2) is 0 Å². The van der Waals surface area contributed by atoms with Gasteiger partial charge in [0.2, 0.25) is 0 Å². The third-order valence-electron chi connectivity index (χ3n) is 5.61. The van der Waals surface area contributed by atoms with Gasteiger partial charge in [-0.15, -0.1) is 0 Å². The first-order valence-electron chi connectivity index (χ1n) is 11.3. The second-order valence-electron chi connectivity index (χ2n) is 9.18. The molecule has 0 fully saturated rings. The lowest BCUT2D eigenvalue weighted by molar-refractivity contribution is 0.341. The molecule has 1 N–H and O–H groups in total. The average molecular weight is 365 g/mol. The maximum absolute atomic E-state index is 8.87. The zero-order valence-electron chi connectivity index (χ0n) is 18.8. The standard InChI is InChI=1S/C25H48O/c1-21(2)11-7-12-22(3)13-8-14-23(4)15-9-16-24(5)17-10-18-25(6)19-20-26/h17,19,21-23,26H,7-16,18,20H2,1-6H3/b24-17+,25-19+.